The summed E-state index contributed by atoms with van der Waals surface area (Å²) in [5.41, 5.74) is 1.74. The van der Waals surface area contributed by atoms with Crippen LogP contribution in [0.15, 0.2) is 24.3 Å². The average Bonchev–Trinajstić information content (AvgIpc) is 2.18. The molecule has 0 bridgehead atoms. The van der Waals surface area contributed by atoms with Crippen molar-refractivity contribution in [2.45, 2.75) is 13.8 Å². The van der Waals surface area contributed by atoms with Crippen molar-refractivity contribution in [1.29, 1.82) is 0 Å². The van der Waals surface area contributed by atoms with E-state index in [2.05, 4.69) is 0 Å². The van der Waals surface area contributed by atoms with E-state index in [0.717, 1.165) is 10.6 Å². The van der Waals surface area contributed by atoms with E-state index in [1.54, 1.807) is 19.1 Å². The Morgan fingerprint density at radius 1 is 1.43 bits per heavy atom. The fourth-order valence-corrected chi connectivity index (χ4v) is 1.00. The molecule has 0 spiro atoms. The van der Waals surface area contributed by atoms with Crippen LogP contribution in [0.25, 0.3) is 0 Å². The molecule has 0 radical (unpaired) electrons. The third-order valence-corrected chi connectivity index (χ3v) is 1.78. The Morgan fingerprint density at radius 3 is 2.50 bits per heavy atom. The molecular formula is C10H14N2O2. The average molecular weight is 194 g/mol. The van der Waals surface area contributed by atoms with Gasteiger partial charge in [0.15, 0.2) is 0 Å². The van der Waals surface area contributed by atoms with E-state index in [1.165, 1.54) is 0 Å². The number of benzene rings is 1. The minimum atomic E-state index is -0.545. The Hall–Kier alpha value is -1.55. The van der Waals surface area contributed by atoms with Crippen LogP contribution >= 0.6 is 0 Å². The molecule has 14 heavy (non-hydrogen) atoms. The van der Waals surface area contributed by atoms with Crippen molar-refractivity contribution in [2.75, 3.05) is 11.6 Å². The molecule has 0 saturated heterocycles. The first-order valence-corrected chi connectivity index (χ1v) is 4.43. The number of carbonyl (C=O) groups excluding carboxylic acids is 1. The fourth-order valence-electron chi connectivity index (χ4n) is 1.00. The van der Waals surface area contributed by atoms with Gasteiger partial charge in [0.2, 0.25) is 0 Å². The van der Waals surface area contributed by atoms with E-state index in [4.69, 9.17) is 10.6 Å². The fraction of sp³-hybridized carbons (Fsp3) is 0.300. The van der Waals surface area contributed by atoms with Crippen LogP contribution < -0.4 is 10.9 Å². The molecule has 0 saturated carbocycles. The molecule has 4 nitrogen and oxygen atoms in total. The summed E-state index contributed by atoms with van der Waals surface area (Å²) >= 11 is 0. The van der Waals surface area contributed by atoms with Gasteiger partial charge in [0.1, 0.15) is 0 Å². The van der Waals surface area contributed by atoms with Crippen molar-refractivity contribution >= 4 is 11.8 Å². The van der Waals surface area contributed by atoms with Crippen LogP contribution in [-0.2, 0) is 4.74 Å². The summed E-state index contributed by atoms with van der Waals surface area (Å²) in [6, 6.07) is 7.31. The zero-order valence-electron chi connectivity index (χ0n) is 8.36. The molecule has 1 amide bonds. The van der Waals surface area contributed by atoms with E-state index >= 15 is 0 Å². The first-order valence-electron chi connectivity index (χ1n) is 4.43. The number of rotatable bonds is 2. The van der Waals surface area contributed by atoms with Gasteiger partial charge in [-0.1, -0.05) is 17.7 Å². The van der Waals surface area contributed by atoms with Crippen LogP contribution in [0.1, 0.15) is 12.5 Å². The lowest BCUT2D eigenvalue weighted by molar-refractivity contribution is 0.160. The van der Waals surface area contributed by atoms with Gasteiger partial charge in [-0.05, 0) is 26.0 Å². The molecule has 0 aromatic heterocycles. The maximum Gasteiger partial charge on any atom is 0.428 e. The van der Waals surface area contributed by atoms with Gasteiger partial charge in [0, 0.05) is 0 Å². The Labute approximate surface area is 83.2 Å². The van der Waals surface area contributed by atoms with E-state index in [0.29, 0.717) is 12.3 Å². The molecule has 1 aromatic carbocycles. The maximum atomic E-state index is 11.2. The number of carbonyl (C=O) groups is 1. The predicted molar refractivity (Wildman–Crippen MR) is 54.9 cm³/mol. The topological polar surface area (TPSA) is 55.6 Å². The largest absolute Gasteiger partial charge is 0.449 e. The Morgan fingerprint density at radius 2 is 2.00 bits per heavy atom. The van der Waals surface area contributed by atoms with Gasteiger partial charge in [-0.25, -0.2) is 15.6 Å². The Bertz CT molecular complexity index is 308. The first kappa shape index (κ1) is 10.5. The first-order chi connectivity index (χ1) is 6.65. The highest BCUT2D eigenvalue weighted by Crippen LogP contribution is 2.12. The lowest BCUT2D eigenvalue weighted by atomic mass is 10.2. The van der Waals surface area contributed by atoms with Crippen LogP contribution in [0.2, 0.25) is 0 Å². The minimum Gasteiger partial charge on any atom is -0.449 e. The van der Waals surface area contributed by atoms with E-state index in [1.807, 2.05) is 19.1 Å². The Balaban J connectivity index is 2.73. The van der Waals surface area contributed by atoms with Gasteiger partial charge in [0.25, 0.3) is 0 Å². The highest BCUT2D eigenvalue weighted by molar-refractivity contribution is 5.86. The molecule has 0 unspecified atom stereocenters. The van der Waals surface area contributed by atoms with Crippen molar-refractivity contribution in [2.24, 2.45) is 5.84 Å². The molecule has 4 heteroatoms. The zero-order valence-corrected chi connectivity index (χ0v) is 8.36. The third-order valence-electron chi connectivity index (χ3n) is 1.78. The molecule has 0 aliphatic heterocycles. The molecule has 0 heterocycles. The van der Waals surface area contributed by atoms with Crippen LogP contribution in [0.5, 0.6) is 0 Å². The lowest BCUT2D eigenvalue weighted by Gasteiger charge is -2.15. The maximum absolute atomic E-state index is 11.2. The number of hydrogen-bond acceptors (Lipinski definition) is 3. The standard InChI is InChI=1S/C10H14N2O2/c1-3-14-10(13)12(11)9-6-4-8(2)5-7-9/h4-7H,3,11H2,1-2H3. The molecule has 2 N–H and O–H groups in total. The van der Waals surface area contributed by atoms with Gasteiger partial charge in [0.05, 0.1) is 12.3 Å². The number of ether oxygens (including phenoxy) is 1. The van der Waals surface area contributed by atoms with E-state index in [-0.39, 0.29) is 0 Å². The van der Waals surface area contributed by atoms with Crippen molar-refractivity contribution in [3.63, 3.8) is 0 Å². The lowest BCUT2D eigenvalue weighted by Crippen LogP contribution is -2.37. The van der Waals surface area contributed by atoms with Gasteiger partial charge >= 0.3 is 6.09 Å². The zero-order chi connectivity index (χ0) is 10.6. The molecule has 1 aromatic rings. The van der Waals surface area contributed by atoms with Crippen molar-refractivity contribution < 1.29 is 9.53 Å². The van der Waals surface area contributed by atoms with Crippen LogP contribution in [0.3, 0.4) is 0 Å². The van der Waals surface area contributed by atoms with Crippen LogP contribution in [0.4, 0.5) is 10.5 Å². The Kier molecular flexibility index (Phi) is 3.48. The second-order valence-corrected chi connectivity index (χ2v) is 2.90. The number of aryl methyl sites for hydroxylation is 1. The monoisotopic (exact) mass is 194 g/mol. The highest BCUT2D eigenvalue weighted by atomic mass is 16.6. The number of hydrazine groups is 1. The second kappa shape index (κ2) is 4.62. The minimum absolute atomic E-state index is 0.318. The van der Waals surface area contributed by atoms with Gasteiger partial charge in [-0.3, -0.25) is 0 Å². The molecule has 0 atom stereocenters. The summed E-state index contributed by atoms with van der Waals surface area (Å²) in [5.74, 6) is 5.53. The molecule has 0 aliphatic rings. The summed E-state index contributed by atoms with van der Waals surface area (Å²) in [6.45, 7) is 4.02. The predicted octanol–water partition coefficient (Wildman–Crippen LogP) is 1.83. The summed E-state index contributed by atoms with van der Waals surface area (Å²) < 4.78 is 4.75. The number of nitrogens with two attached hydrogens (primary N) is 1. The summed E-state index contributed by atoms with van der Waals surface area (Å²) in [6.07, 6.45) is -0.545. The molecule has 0 aliphatic carbocycles. The third kappa shape index (κ3) is 2.47. The molecule has 76 valence electrons. The van der Waals surface area contributed by atoms with Crippen molar-refractivity contribution in [1.82, 2.24) is 0 Å². The summed E-state index contributed by atoms with van der Waals surface area (Å²) in [7, 11) is 0. The van der Waals surface area contributed by atoms with Crippen molar-refractivity contribution in [3.8, 4) is 0 Å². The van der Waals surface area contributed by atoms with E-state index < -0.39 is 6.09 Å². The number of nitrogens with zero attached hydrogens (tertiary/aromatic N) is 1. The molecule has 1 rings (SSSR count). The van der Waals surface area contributed by atoms with Gasteiger partial charge < -0.3 is 4.74 Å². The van der Waals surface area contributed by atoms with Crippen molar-refractivity contribution in [3.05, 3.63) is 29.8 Å². The van der Waals surface area contributed by atoms with Gasteiger partial charge in [-0.2, -0.15) is 0 Å². The number of hydrogen-bond donors (Lipinski definition) is 1. The molecular weight excluding hydrogens is 180 g/mol. The SMILES string of the molecule is CCOC(=O)N(N)c1ccc(C)cc1. The van der Waals surface area contributed by atoms with Crippen LogP contribution in [-0.4, -0.2) is 12.7 Å². The summed E-state index contributed by atoms with van der Waals surface area (Å²) in [4.78, 5) is 11.2. The number of anilines is 1. The smallest absolute Gasteiger partial charge is 0.428 e. The van der Waals surface area contributed by atoms with Gasteiger partial charge in [-0.15, -0.1) is 0 Å². The molecule has 0 fully saturated rings. The van der Waals surface area contributed by atoms with Crippen LogP contribution in [0, 0.1) is 6.92 Å². The summed E-state index contributed by atoms with van der Waals surface area (Å²) in [5, 5.41) is 0.989. The quantitative estimate of drug-likeness (QED) is 0.444. The highest BCUT2D eigenvalue weighted by Gasteiger charge is 2.11. The second-order valence-electron chi connectivity index (χ2n) is 2.90. The van der Waals surface area contributed by atoms with E-state index in [9.17, 15) is 4.79 Å². The number of amides is 1. The normalized spacial score (nSPS) is 9.64.